The topological polar surface area (TPSA) is 138 Å². The highest BCUT2D eigenvalue weighted by molar-refractivity contribution is 6.10. The van der Waals surface area contributed by atoms with Gasteiger partial charge in [0.05, 0.1) is 24.2 Å². The van der Waals surface area contributed by atoms with Crippen LogP contribution in [0.4, 0.5) is 5.82 Å². The number of allylic oxidation sites excluding steroid dienone is 1. The molecule has 0 fully saturated rings. The lowest BCUT2D eigenvalue weighted by Gasteiger charge is -2.28. The summed E-state index contributed by atoms with van der Waals surface area (Å²) in [7, 11) is 1.65. The maximum absolute atomic E-state index is 13.6. The summed E-state index contributed by atoms with van der Waals surface area (Å²) in [6, 6.07) is 3.71. The zero-order valence-electron chi connectivity index (χ0n) is 22.3. The normalized spacial score (nSPS) is 18.3. The Kier molecular flexibility index (Phi) is 5.88. The molecule has 0 spiro atoms. The van der Waals surface area contributed by atoms with Crippen molar-refractivity contribution in [3.63, 3.8) is 0 Å². The molecule has 1 unspecified atom stereocenters. The fourth-order valence-corrected chi connectivity index (χ4v) is 5.48. The van der Waals surface area contributed by atoms with Crippen molar-refractivity contribution in [3.05, 3.63) is 81.4 Å². The van der Waals surface area contributed by atoms with Crippen LogP contribution in [0.5, 0.6) is 0 Å². The molecule has 1 atom stereocenters. The second-order valence-corrected chi connectivity index (χ2v) is 10.8. The number of aliphatic hydroxyl groups excluding tert-OH is 2. The Balaban J connectivity index is 1.41. The van der Waals surface area contributed by atoms with Crippen molar-refractivity contribution in [2.75, 3.05) is 12.4 Å². The molecular formula is C27H31N9O3. The summed E-state index contributed by atoms with van der Waals surface area (Å²) in [5.41, 5.74) is 4.88. The predicted molar refractivity (Wildman–Crippen MR) is 146 cm³/mol. The Morgan fingerprint density at radius 2 is 2.05 bits per heavy atom. The van der Waals surface area contributed by atoms with Crippen molar-refractivity contribution < 1.29 is 10.2 Å². The van der Waals surface area contributed by atoms with E-state index in [1.807, 2.05) is 23.6 Å². The van der Waals surface area contributed by atoms with Gasteiger partial charge in [0.1, 0.15) is 11.3 Å². The number of hydrogen-bond donors (Lipinski definition) is 3. The average molecular weight is 530 g/mol. The Hall–Kier alpha value is -4.29. The lowest BCUT2D eigenvalue weighted by atomic mass is 9.90. The number of pyridine rings is 1. The maximum atomic E-state index is 13.6. The first kappa shape index (κ1) is 25.0. The summed E-state index contributed by atoms with van der Waals surface area (Å²) >= 11 is 0. The molecule has 39 heavy (non-hydrogen) atoms. The smallest absolute Gasteiger partial charge is 0.280 e. The van der Waals surface area contributed by atoms with Gasteiger partial charge in [-0.25, -0.2) is 4.98 Å². The first-order chi connectivity index (χ1) is 18.7. The van der Waals surface area contributed by atoms with Crippen molar-refractivity contribution >= 4 is 17.0 Å². The first-order valence-corrected chi connectivity index (χ1v) is 12.9. The molecule has 0 saturated carbocycles. The largest absolute Gasteiger partial charge is 0.392 e. The van der Waals surface area contributed by atoms with Crippen LogP contribution in [-0.2, 0) is 26.0 Å². The number of hydrazone groups is 1. The van der Waals surface area contributed by atoms with Gasteiger partial charge < -0.3 is 19.9 Å². The lowest BCUT2D eigenvalue weighted by Crippen LogP contribution is -2.36. The molecule has 0 bridgehead atoms. The van der Waals surface area contributed by atoms with E-state index in [1.165, 1.54) is 20.8 Å². The molecule has 2 aliphatic rings. The van der Waals surface area contributed by atoms with Crippen LogP contribution in [0.1, 0.15) is 43.2 Å². The fourth-order valence-electron chi connectivity index (χ4n) is 5.48. The lowest BCUT2D eigenvalue weighted by molar-refractivity contribution is 0.0541. The van der Waals surface area contributed by atoms with Gasteiger partial charge >= 0.3 is 0 Å². The minimum atomic E-state index is -1.04. The Morgan fingerprint density at radius 1 is 1.23 bits per heavy atom. The molecule has 202 valence electrons. The molecule has 12 nitrogen and oxygen atoms in total. The number of aryl methyl sites for hydroxylation is 1. The summed E-state index contributed by atoms with van der Waals surface area (Å²) in [6.45, 7) is 6.72. The van der Waals surface area contributed by atoms with Crippen molar-refractivity contribution in [1.82, 2.24) is 34.0 Å². The molecule has 1 aliphatic carbocycles. The Bertz CT molecular complexity index is 1710. The van der Waals surface area contributed by atoms with Gasteiger partial charge in [-0.15, -0.1) is 5.10 Å². The fraction of sp³-hybridized carbons (Fsp3) is 0.370. The van der Waals surface area contributed by atoms with E-state index in [0.29, 0.717) is 46.2 Å². The van der Waals surface area contributed by atoms with E-state index in [1.54, 1.807) is 42.5 Å². The van der Waals surface area contributed by atoms with Crippen LogP contribution in [0, 0.1) is 5.41 Å². The third-order valence-corrected chi connectivity index (χ3v) is 7.37. The second kappa shape index (κ2) is 9.17. The van der Waals surface area contributed by atoms with Gasteiger partial charge in [0.25, 0.3) is 5.56 Å². The number of fused-ring (bicyclic) bond motifs is 3. The highest BCUT2D eigenvalue weighted by Crippen LogP contribution is 2.37. The monoisotopic (exact) mass is 529 g/mol. The van der Waals surface area contributed by atoms with E-state index in [9.17, 15) is 15.0 Å². The third kappa shape index (κ3) is 4.21. The highest BCUT2D eigenvalue weighted by atomic mass is 16.3. The van der Waals surface area contributed by atoms with Crippen LogP contribution in [0.2, 0.25) is 0 Å². The van der Waals surface area contributed by atoms with Crippen molar-refractivity contribution in [1.29, 1.82) is 0 Å². The van der Waals surface area contributed by atoms with E-state index in [0.717, 1.165) is 12.8 Å². The van der Waals surface area contributed by atoms with Crippen molar-refractivity contribution in [3.8, 4) is 5.82 Å². The van der Waals surface area contributed by atoms with Crippen LogP contribution >= 0.6 is 0 Å². The quantitative estimate of drug-likeness (QED) is 0.343. The molecule has 0 aromatic carbocycles. The van der Waals surface area contributed by atoms with Crippen LogP contribution in [-0.4, -0.2) is 63.2 Å². The number of nitrogens with zero attached hydrogens (tertiary/aromatic N) is 8. The summed E-state index contributed by atoms with van der Waals surface area (Å²) in [5, 5.41) is 38.3. The predicted octanol–water partition coefficient (Wildman–Crippen LogP) is 1.68. The summed E-state index contributed by atoms with van der Waals surface area (Å²) in [4.78, 5) is 18.1. The molecule has 4 aromatic rings. The van der Waals surface area contributed by atoms with Crippen LogP contribution in [0.25, 0.3) is 11.3 Å². The van der Waals surface area contributed by atoms with E-state index in [-0.39, 0.29) is 17.6 Å². The molecule has 6 rings (SSSR count). The average Bonchev–Trinajstić information content (AvgIpc) is 3.59. The number of aromatic nitrogens is 6. The van der Waals surface area contributed by atoms with Gasteiger partial charge in [-0.05, 0) is 49.0 Å². The number of hydrogen-bond acceptors (Lipinski definition) is 9. The Morgan fingerprint density at radius 3 is 2.79 bits per heavy atom. The molecule has 12 heteroatoms. The molecule has 1 aliphatic heterocycles. The third-order valence-electron chi connectivity index (χ3n) is 7.37. The number of likely N-dealkylation sites (N-methyl/N-ethyl adjacent to an activating group) is 1. The van der Waals surface area contributed by atoms with Crippen molar-refractivity contribution in [2.24, 2.45) is 10.5 Å². The minimum Gasteiger partial charge on any atom is -0.392 e. The molecule has 0 saturated heterocycles. The van der Waals surface area contributed by atoms with Gasteiger partial charge in [0.15, 0.2) is 12.0 Å². The molecular weight excluding hydrogens is 498 g/mol. The summed E-state index contributed by atoms with van der Waals surface area (Å²) < 4.78 is 5.12. The number of aliphatic hydroxyl groups is 2. The molecule has 0 amide bonds. The Labute approximate surface area is 224 Å². The van der Waals surface area contributed by atoms with Crippen LogP contribution in [0.3, 0.4) is 0 Å². The zero-order valence-corrected chi connectivity index (χ0v) is 22.3. The summed E-state index contributed by atoms with van der Waals surface area (Å²) in [5.74, 6) is 0.811. The number of anilines is 1. The minimum absolute atomic E-state index is 0.176. The maximum Gasteiger partial charge on any atom is 0.280 e. The SMILES string of the molecule is CCn1cc(NC2=CC(c3ccnc(-n4ccn5c6c(cc5c4=O)CC(C)(C)C6)c3CO)=NN(C)C2O)nn1. The highest BCUT2D eigenvalue weighted by Gasteiger charge is 2.32. The van der Waals surface area contributed by atoms with Crippen LogP contribution < -0.4 is 10.9 Å². The van der Waals surface area contributed by atoms with Gasteiger partial charge in [0, 0.05) is 49.0 Å². The summed E-state index contributed by atoms with van der Waals surface area (Å²) in [6.07, 6.45) is 9.41. The standard InChI is InChI=1S/C27H31N9O3/c1-5-34-14-23(30-32-34)29-20-11-19(31-33(4)25(20)38)17-6-7-28-24(18(17)15-37)36-9-8-35-21(26(36)39)10-16-12-27(2,3)13-22(16)35/h6-11,14,25,29,37-38H,5,12-13,15H2,1-4H3. The van der Waals surface area contributed by atoms with Gasteiger partial charge in [-0.1, -0.05) is 19.1 Å². The molecule has 3 N–H and O–H groups in total. The van der Waals surface area contributed by atoms with Gasteiger partial charge in [0.2, 0.25) is 0 Å². The molecule has 5 heterocycles. The molecule has 0 radical (unpaired) electrons. The van der Waals surface area contributed by atoms with E-state index in [2.05, 4.69) is 39.6 Å². The molecule has 4 aromatic heterocycles. The van der Waals surface area contributed by atoms with Crippen LogP contribution in [0.15, 0.2) is 58.6 Å². The van der Waals surface area contributed by atoms with E-state index >= 15 is 0 Å². The number of rotatable bonds is 6. The zero-order chi connectivity index (χ0) is 27.5. The van der Waals surface area contributed by atoms with Crippen molar-refractivity contribution in [2.45, 2.75) is 53.0 Å². The van der Waals surface area contributed by atoms with E-state index in [4.69, 9.17) is 0 Å². The van der Waals surface area contributed by atoms with Gasteiger partial charge in [-0.3, -0.25) is 19.1 Å². The van der Waals surface area contributed by atoms with Gasteiger partial charge in [-0.2, -0.15) is 5.10 Å². The van der Waals surface area contributed by atoms with E-state index < -0.39 is 6.23 Å². The number of nitrogens with one attached hydrogen (secondary N) is 1. The first-order valence-electron chi connectivity index (χ1n) is 12.9. The second-order valence-electron chi connectivity index (χ2n) is 10.8.